The van der Waals surface area contributed by atoms with Crippen LogP contribution in [0.1, 0.15) is 24.0 Å². The van der Waals surface area contributed by atoms with Crippen molar-refractivity contribution < 1.29 is 0 Å². The van der Waals surface area contributed by atoms with E-state index in [0.29, 0.717) is 0 Å². The summed E-state index contributed by atoms with van der Waals surface area (Å²) < 4.78 is 0. The minimum atomic E-state index is 1.01. The summed E-state index contributed by atoms with van der Waals surface area (Å²) in [5.41, 5.74) is 4.00. The van der Waals surface area contributed by atoms with Gasteiger partial charge in [0.15, 0.2) is 0 Å². The Kier molecular flexibility index (Phi) is 1.94. The van der Waals surface area contributed by atoms with Crippen LogP contribution in [-0.2, 0) is 12.8 Å². The molecule has 1 heteroatoms. The van der Waals surface area contributed by atoms with Gasteiger partial charge in [0.1, 0.15) is 0 Å². The molecule has 0 aliphatic heterocycles. The highest BCUT2D eigenvalue weighted by atomic mass is 14.7. The summed E-state index contributed by atoms with van der Waals surface area (Å²) in [5.74, 6) is 0. The molecule has 0 spiro atoms. The third kappa shape index (κ3) is 1.27. The Hall–Kier alpha value is -1.11. The highest BCUT2D eigenvalue weighted by molar-refractivity contribution is 5.49. The molecule has 0 N–H and O–H groups in total. The number of nitrogens with zero attached hydrogens (tertiary/aromatic N) is 1. The molecule has 1 aliphatic carbocycles. The molecule has 1 aromatic rings. The number of hydrogen-bond acceptors (Lipinski definition) is 1. The number of aryl methyl sites for hydroxylation is 2. The molecule has 2 rings (SSSR count). The predicted octanol–water partition coefficient (Wildman–Crippen LogP) is 2.90. The van der Waals surface area contributed by atoms with Crippen LogP contribution in [0.4, 0.5) is 5.69 Å². The zero-order valence-corrected chi connectivity index (χ0v) is 7.21. The van der Waals surface area contributed by atoms with Crippen LogP contribution in [0.3, 0.4) is 0 Å². The molecule has 12 heavy (non-hydrogen) atoms. The average Bonchev–Trinajstić information content (AvgIpc) is 2.17. The molecule has 0 radical (unpaired) electrons. The third-order valence-electron chi connectivity index (χ3n) is 2.51. The van der Waals surface area contributed by atoms with Crippen molar-refractivity contribution in [2.45, 2.75) is 25.7 Å². The molecule has 0 aromatic heterocycles. The smallest absolute Gasteiger partial charge is 0.0625 e. The summed E-state index contributed by atoms with van der Waals surface area (Å²) >= 11 is 0. The van der Waals surface area contributed by atoms with Gasteiger partial charge >= 0.3 is 0 Å². The van der Waals surface area contributed by atoms with Crippen LogP contribution in [0.15, 0.2) is 23.2 Å². The van der Waals surface area contributed by atoms with E-state index in [1.807, 2.05) is 0 Å². The van der Waals surface area contributed by atoms with Gasteiger partial charge in [0.05, 0.1) is 5.69 Å². The molecule has 0 unspecified atom stereocenters. The highest BCUT2D eigenvalue weighted by Gasteiger charge is 2.08. The fourth-order valence-electron chi connectivity index (χ4n) is 1.82. The van der Waals surface area contributed by atoms with Gasteiger partial charge in [0.2, 0.25) is 0 Å². The number of hydrogen-bond donors (Lipinski definition) is 0. The van der Waals surface area contributed by atoms with Gasteiger partial charge in [-0.1, -0.05) is 6.07 Å². The summed E-state index contributed by atoms with van der Waals surface area (Å²) in [7, 11) is 0. The van der Waals surface area contributed by atoms with Crippen molar-refractivity contribution in [3.8, 4) is 0 Å². The molecule has 0 saturated carbocycles. The van der Waals surface area contributed by atoms with E-state index in [1.165, 1.54) is 36.8 Å². The fourth-order valence-corrected chi connectivity index (χ4v) is 1.82. The van der Waals surface area contributed by atoms with Gasteiger partial charge in [-0.25, -0.2) is 0 Å². The highest BCUT2D eigenvalue weighted by Crippen LogP contribution is 2.24. The van der Waals surface area contributed by atoms with Gasteiger partial charge in [-0.3, -0.25) is 4.99 Å². The largest absolute Gasteiger partial charge is 0.265 e. The first-order chi connectivity index (χ1) is 5.90. The summed E-state index contributed by atoms with van der Waals surface area (Å²) in [6.07, 6.45) is 5.13. The molecule has 1 aromatic carbocycles. The Morgan fingerprint density at radius 2 is 1.83 bits per heavy atom. The zero-order chi connectivity index (χ0) is 8.39. The normalized spacial score (nSPS) is 15.3. The number of benzene rings is 1. The van der Waals surface area contributed by atoms with Crippen molar-refractivity contribution in [2.24, 2.45) is 4.99 Å². The standard InChI is InChI=1S/C11H13N/c1-12-11-7-6-9-4-2-3-5-10(9)8-11/h6-8H,1-5H2. The number of aliphatic imine (C=N–C) groups is 1. The summed E-state index contributed by atoms with van der Waals surface area (Å²) in [4.78, 5) is 3.93. The second kappa shape index (κ2) is 3.10. The van der Waals surface area contributed by atoms with Crippen LogP contribution in [0.25, 0.3) is 0 Å². The van der Waals surface area contributed by atoms with Crippen molar-refractivity contribution in [3.05, 3.63) is 29.3 Å². The average molecular weight is 159 g/mol. The molecule has 0 heterocycles. The zero-order valence-electron chi connectivity index (χ0n) is 7.21. The van der Waals surface area contributed by atoms with E-state index in [4.69, 9.17) is 0 Å². The molecule has 62 valence electrons. The lowest BCUT2D eigenvalue weighted by Crippen LogP contribution is -2.01. The van der Waals surface area contributed by atoms with Gasteiger partial charge in [-0.05, 0) is 55.7 Å². The summed E-state index contributed by atoms with van der Waals surface area (Å²) in [6, 6.07) is 6.41. The second-order valence-corrected chi connectivity index (χ2v) is 3.32. The third-order valence-corrected chi connectivity index (χ3v) is 2.51. The van der Waals surface area contributed by atoms with Gasteiger partial charge in [-0.15, -0.1) is 0 Å². The van der Waals surface area contributed by atoms with E-state index < -0.39 is 0 Å². The maximum absolute atomic E-state index is 3.93. The molecule has 1 nitrogen and oxygen atoms in total. The van der Waals surface area contributed by atoms with Crippen LogP contribution in [0.5, 0.6) is 0 Å². The second-order valence-electron chi connectivity index (χ2n) is 3.32. The Labute approximate surface area is 73.1 Å². The van der Waals surface area contributed by atoms with E-state index in [1.54, 1.807) is 0 Å². The van der Waals surface area contributed by atoms with E-state index in [-0.39, 0.29) is 0 Å². The van der Waals surface area contributed by atoms with Crippen molar-refractivity contribution in [1.82, 2.24) is 0 Å². The first kappa shape index (κ1) is 7.53. The molecule has 0 saturated heterocycles. The quantitative estimate of drug-likeness (QED) is 0.559. The van der Waals surface area contributed by atoms with Crippen molar-refractivity contribution in [3.63, 3.8) is 0 Å². The Morgan fingerprint density at radius 1 is 1.08 bits per heavy atom. The van der Waals surface area contributed by atoms with E-state index in [0.717, 1.165) is 5.69 Å². The summed E-state index contributed by atoms with van der Waals surface area (Å²) in [6.45, 7) is 3.53. The first-order valence-electron chi connectivity index (χ1n) is 4.48. The monoisotopic (exact) mass is 159 g/mol. The topological polar surface area (TPSA) is 12.4 Å². The van der Waals surface area contributed by atoms with Crippen LogP contribution in [0, 0.1) is 0 Å². The fraction of sp³-hybridized carbons (Fsp3) is 0.364. The van der Waals surface area contributed by atoms with Crippen LogP contribution in [0.2, 0.25) is 0 Å². The maximum atomic E-state index is 3.93. The Morgan fingerprint density at radius 3 is 2.58 bits per heavy atom. The Bertz CT molecular complexity index is 302. The number of fused-ring (bicyclic) bond motifs is 1. The maximum Gasteiger partial charge on any atom is 0.0625 e. The Balaban J connectivity index is 2.42. The minimum absolute atomic E-state index is 1.01. The molecular weight excluding hydrogens is 146 g/mol. The van der Waals surface area contributed by atoms with Crippen molar-refractivity contribution >= 4 is 12.4 Å². The minimum Gasteiger partial charge on any atom is -0.265 e. The lowest BCUT2D eigenvalue weighted by molar-refractivity contribution is 0.686. The predicted molar refractivity (Wildman–Crippen MR) is 52.3 cm³/mol. The van der Waals surface area contributed by atoms with Crippen molar-refractivity contribution in [1.29, 1.82) is 0 Å². The van der Waals surface area contributed by atoms with Gasteiger partial charge < -0.3 is 0 Å². The van der Waals surface area contributed by atoms with Gasteiger partial charge in [0, 0.05) is 0 Å². The first-order valence-corrected chi connectivity index (χ1v) is 4.48. The van der Waals surface area contributed by atoms with E-state index >= 15 is 0 Å². The van der Waals surface area contributed by atoms with Crippen LogP contribution >= 0.6 is 0 Å². The molecule has 1 aliphatic rings. The molecular formula is C11H13N. The van der Waals surface area contributed by atoms with E-state index in [2.05, 4.69) is 29.9 Å². The van der Waals surface area contributed by atoms with Crippen LogP contribution < -0.4 is 0 Å². The summed E-state index contributed by atoms with van der Waals surface area (Å²) in [5, 5.41) is 0. The van der Waals surface area contributed by atoms with Gasteiger partial charge in [-0.2, -0.15) is 0 Å². The molecule has 0 atom stereocenters. The van der Waals surface area contributed by atoms with Gasteiger partial charge in [0.25, 0.3) is 0 Å². The molecule has 0 amide bonds. The lowest BCUT2D eigenvalue weighted by atomic mass is 9.91. The molecule has 0 fully saturated rings. The van der Waals surface area contributed by atoms with E-state index in [9.17, 15) is 0 Å². The molecule has 0 bridgehead atoms. The SMILES string of the molecule is C=Nc1ccc2c(c1)CCCC2. The van der Waals surface area contributed by atoms with Crippen LogP contribution in [-0.4, -0.2) is 6.72 Å². The number of rotatable bonds is 1. The lowest BCUT2D eigenvalue weighted by Gasteiger charge is -2.15. The van der Waals surface area contributed by atoms with Crippen molar-refractivity contribution in [2.75, 3.05) is 0 Å².